The molecular formula is C69H126N2O7P+. The molecule has 458 valence electrons. The van der Waals surface area contributed by atoms with Crippen molar-refractivity contribution in [2.45, 2.75) is 303 Å². The van der Waals surface area contributed by atoms with Crippen LogP contribution in [0.4, 0.5) is 0 Å². The van der Waals surface area contributed by atoms with Gasteiger partial charge in [-0.05, 0) is 83.1 Å². The van der Waals surface area contributed by atoms with Crippen molar-refractivity contribution in [2.75, 3.05) is 40.9 Å². The van der Waals surface area contributed by atoms with Crippen molar-refractivity contribution in [1.29, 1.82) is 0 Å². The summed E-state index contributed by atoms with van der Waals surface area (Å²) < 4.78 is 30.7. The van der Waals surface area contributed by atoms with Crippen LogP contribution in [-0.4, -0.2) is 74.3 Å². The Hall–Kier alpha value is -2.81. The number of amides is 1. The average molecular weight is 1130 g/mol. The van der Waals surface area contributed by atoms with Gasteiger partial charge in [-0.3, -0.25) is 18.6 Å². The molecule has 9 nitrogen and oxygen atoms in total. The molecule has 0 rings (SSSR count). The molecule has 1 amide bonds. The number of esters is 1. The van der Waals surface area contributed by atoms with Gasteiger partial charge in [0.25, 0.3) is 0 Å². The summed E-state index contributed by atoms with van der Waals surface area (Å²) >= 11 is 0. The van der Waals surface area contributed by atoms with E-state index >= 15 is 0 Å². The summed E-state index contributed by atoms with van der Waals surface area (Å²) in [6.45, 7) is 6.90. The third kappa shape index (κ3) is 59.6. The second kappa shape index (κ2) is 58.4. The number of unbranched alkanes of at least 4 members (excludes halogenated alkanes) is 31. The van der Waals surface area contributed by atoms with Crippen LogP contribution < -0.4 is 5.32 Å². The van der Waals surface area contributed by atoms with Crippen molar-refractivity contribution in [3.63, 3.8) is 0 Å². The summed E-state index contributed by atoms with van der Waals surface area (Å²) in [7, 11) is 1.49. The Morgan fingerprint density at radius 1 is 0.456 bits per heavy atom. The van der Waals surface area contributed by atoms with E-state index in [2.05, 4.69) is 99.0 Å². The molecule has 0 saturated heterocycles. The maximum atomic E-state index is 13.6. The first kappa shape index (κ1) is 76.2. The molecule has 0 aromatic heterocycles. The van der Waals surface area contributed by atoms with Crippen molar-refractivity contribution < 1.29 is 37.3 Å². The molecule has 0 spiro atoms. The Balaban J connectivity index is 5.08. The number of hydrogen-bond donors (Lipinski definition) is 2. The fourth-order valence-electron chi connectivity index (χ4n) is 9.30. The standard InChI is InChI=1S/C69H125N2O7P/c1-7-10-13-16-19-22-25-27-29-30-31-32-33-34-35-36-37-38-39-40-42-43-46-49-52-55-58-61-68(72)70-66(65-77-79(74,75)76-64-63-71(4,5)6)67(60-57-54-51-48-45-24-21-18-15-12-9-3)78-69(73)62-59-56-53-50-47-44-41-28-26-23-20-17-14-11-8-2/h10,13,19,22,27,29,31-32,34-35,37-38,57,60,66-67H,7-9,11-12,14-18,20-21,23-26,28,30,33,36,39-56,58-59,61-65H2,1-6H3,(H-,70,72,74,75)/p+1/b13-10-,22-19-,29-27-,32-31-,35-34-,38-37-,60-57-. The molecule has 2 N–H and O–H groups in total. The summed E-state index contributed by atoms with van der Waals surface area (Å²) in [6, 6.07) is -0.854. The van der Waals surface area contributed by atoms with Crippen LogP contribution in [0.15, 0.2) is 85.1 Å². The predicted molar refractivity (Wildman–Crippen MR) is 341 cm³/mol. The number of rotatable bonds is 59. The Bertz CT molecular complexity index is 1630. The molecule has 0 aromatic rings. The zero-order valence-corrected chi connectivity index (χ0v) is 53.2. The van der Waals surface area contributed by atoms with Gasteiger partial charge in [-0.1, -0.05) is 280 Å². The number of allylic oxidation sites excluding steroid dienone is 13. The van der Waals surface area contributed by atoms with Gasteiger partial charge in [0.05, 0.1) is 33.8 Å². The lowest BCUT2D eigenvalue weighted by Crippen LogP contribution is -2.47. The average Bonchev–Trinajstić information content (AvgIpc) is 3.41. The van der Waals surface area contributed by atoms with Gasteiger partial charge in [0.1, 0.15) is 19.3 Å². The maximum absolute atomic E-state index is 13.6. The first-order valence-electron chi connectivity index (χ1n) is 32.9. The van der Waals surface area contributed by atoms with E-state index in [1.165, 1.54) is 148 Å². The highest BCUT2D eigenvalue weighted by atomic mass is 31.2. The van der Waals surface area contributed by atoms with Gasteiger partial charge in [-0.2, -0.15) is 0 Å². The van der Waals surface area contributed by atoms with Gasteiger partial charge in [0, 0.05) is 12.8 Å². The van der Waals surface area contributed by atoms with E-state index in [1.54, 1.807) is 0 Å². The first-order valence-corrected chi connectivity index (χ1v) is 34.4. The lowest BCUT2D eigenvalue weighted by atomic mass is 10.0. The number of nitrogens with zero attached hydrogens (tertiary/aromatic N) is 1. The van der Waals surface area contributed by atoms with Gasteiger partial charge < -0.3 is 19.4 Å². The summed E-state index contributed by atoms with van der Waals surface area (Å²) in [5.41, 5.74) is 0. The Kier molecular flexibility index (Phi) is 56.3. The van der Waals surface area contributed by atoms with Crippen LogP contribution in [0, 0.1) is 0 Å². The minimum absolute atomic E-state index is 0.0366. The Morgan fingerprint density at radius 3 is 1.22 bits per heavy atom. The van der Waals surface area contributed by atoms with E-state index in [4.69, 9.17) is 13.8 Å². The van der Waals surface area contributed by atoms with Gasteiger partial charge in [0.2, 0.25) is 5.91 Å². The number of likely N-dealkylation sites (N-methyl/N-ethyl adjacent to an activating group) is 1. The van der Waals surface area contributed by atoms with Gasteiger partial charge >= 0.3 is 13.8 Å². The van der Waals surface area contributed by atoms with Crippen LogP contribution in [0.3, 0.4) is 0 Å². The van der Waals surface area contributed by atoms with E-state index < -0.39 is 20.0 Å². The molecule has 0 bridgehead atoms. The Labute approximate surface area is 488 Å². The maximum Gasteiger partial charge on any atom is 0.472 e. The van der Waals surface area contributed by atoms with E-state index in [1.807, 2.05) is 33.3 Å². The normalized spacial score (nSPS) is 14.2. The fourth-order valence-corrected chi connectivity index (χ4v) is 10.0. The highest BCUT2D eigenvalue weighted by Crippen LogP contribution is 2.43. The number of carbonyl (C=O) groups excluding carboxylic acids is 2. The topological polar surface area (TPSA) is 111 Å². The number of phosphoric ester groups is 1. The van der Waals surface area contributed by atoms with Gasteiger partial charge in [-0.25, -0.2) is 4.57 Å². The van der Waals surface area contributed by atoms with Crippen LogP contribution in [-0.2, 0) is 27.9 Å². The zero-order valence-electron chi connectivity index (χ0n) is 52.3. The lowest BCUT2D eigenvalue weighted by molar-refractivity contribution is -0.870. The summed E-state index contributed by atoms with van der Waals surface area (Å²) in [4.78, 5) is 37.7. The molecule has 0 aliphatic carbocycles. The zero-order chi connectivity index (χ0) is 57.9. The molecule has 0 aromatic carbocycles. The third-order valence-corrected chi connectivity index (χ3v) is 15.3. The smallest absolute Gasteiger partial charge is 0.456 e. The number of hydrogen-bond acceptors (Lipinski definition) is 6. The van der Waals surface area contributed by atoms with Crippen LogP contribution >= 0.6 is 7.82 Å². The molecule has 0 fully saturated rings. The largest absolute Gasteiger partial charge is 0.472 e. The molecule has 3 unspecified atom stereocenters. The molecule has 0 saturated carbocycles. The fraction of sp³-hybridized carbons (Fsp3) is 0.768. The number of carbonyl (C=O) groups is 2. The quantitative estimate of drug-likeness (QED) is 0.0205. The van der Waals surface area contributed by atoms with Crippen molar-refractivity contribution in [3.8, 4) is 0 Å². The van der Waals surface area contributed by atoms with E-state index in [0.29, 0.717) is 23.9 Å². The Morgan fingerprint density at radius 2 is 0.810 bits per heavy atom. The molecule has 3 atom stereocenters. The molecule has 0 aliphatic heterocycles. The SMILES string of the molecule is CC/C=C\C/C=C\C/C=C\C/C=C\C/C=C\C/C=C\CCCCCCCCCCC(=O)NC(COP(=O)(O)OCC[N+](C)(C)C)C(/C=C\CCCCCCCCCCC)OC(=O)CCCCCCCCCCCCCCCCC. The van der Waals surface area contributed by atoms with E-state index in [0.717, 1.165) is 109 Å². The van der Waals surface area contributed by atoms with Crippen molar-refractivity contribution in [2.24, 2.45) is 0 Å². The van der Waals surface area contributed by atoms with Gasteiger partial charge in [0.15, 0.2) is 0 Å². The number of quaternary nitrogens is 1. The lowest BCUT2D eigenvalue weighted by Gasteiger charge is -2.27. The molecule has 0 heterocycles. The predicted octanol–water partition coefficient (Wildman–Crippen LogP) is 20.6. The summed E-state index contributed by atoms with van der Waals surface area (Å²) in [5, 5.41) is 3.06. The van der Waals surface area contributed by atoms with E-state index in [-0.39, 0.29) is 25.1 Å². The minimum atomic E-state index is -4.45. The molecule has 0 radical (unpaired) electrons. The van der Waals surface area contributed by atoms with Gasteiger partial charge in [-0.15, -0.1) is 0 Å². The van der Waals surface area contributed by atoms with Crippen LogP contribution in [0.25, 0.3) is 0 Å². The monoisotopic (exact) mass is 1130 g/mol. The molecule has 10 heteroatoms. The van der Waals surface area contributed by atoms with Crippen LogP contribution in [0.5, 0.6) is 0 Å². The molecule has 79 heavy (non-hydrogen) atoms. The van der Waals surface area contributed by atoms with Crippen LogP contribution in [0.1, 0.15) is 290 Å². The first-order chi connectivity index (χ1) is 38.4. The minimum Gasteiger partial charge on any atom is -0.456 e. The van der Waals surface area contributed by atoms with E-state index in [9.17, 15) is 19.0 Å². The summed E-state index contributed by atoms with van der Waals surface area (Å²) in [6.07, 6.45) is 77.3. The van der Waals surface area contributed by atoms with Crippen LogP contribution in [0.2, 0.25) is 0 Å². The highest BCUT2D eigenvalue weighted by Gasteiger charge is 2.30. The summed E-state index contributed by atoms with van der Waals surface area (Å²) in [5.74, 6) is -0.510. The van der Waals surface area contributed by atoms with Crippen molar-refractivity contribution >= 4 is 19.7 Å². The second-order valence-corrected chi connectivity index (χ2v) is 24.7. The number of nitrogens with one attached hydrogen (secondary N) is 1. The molecular weight excluding hydrogens is 1000 g/mol. The highest BCUT2D eigenvalue weighted by molar-refractivity contribution is 7.47. The third-order valence-electron chi connectivity index (χ3n) is 14.3. The number of phosphoric acid groups is 1. The number of ether oxygens (including phenoxy) is 1. The second-order valence-electron chi connectivity index (χ2n) is 23.3. The van der Waals surface area contributed by atoms with Crippen molar-refractivity contribution in [1.82, 2.24) is 5.32 Å². The molecule has 0 aliphatic rings. The van der Waals surface area contributed by atoms with Crippen molar-refractivity contribution in [3.05, 3.63) is 85.1 Å².